The number of piperidine rings is 1. The van der Waals surface area contributed by atoms with Crippen LogP contribution in [0.1, 0.15) is 43.3 Å². The number of hydrogen-bond donors (Lipinski definition) is 1. The summed E-state index contributed by atoms with van der Waals surface area (Å²) in [7, 11) is 3.12. The molecule has 2 amide bonds. The number of anilines is 2. The number of amides is 2. The third kappa shape index (κ3) is 8.51. The summed E-state index contributed by atoms with van der Waals surface area (Å²) in [5, 5.41) is 3.55. The number of likely N-dealkylation sites (tertiary alicyclic amines) is 1. The molecule has 1 fully saturated rings. The number of halogens is 1. The van der Waals surface area contributed by atoms with Crippen LogP contribution in [0.5, 0.6) is 5.75 Å². The summed E-state index contributed by atoms with van der Waals surface area (Å²) in [6, 6.07) is 17.6. The van der Waals surface area contributed by atoms with Gasteiger partial charge in [0, 0.05) is 38.1 Å². The number of nitrogens with zero attached hydrogens (tertiary/aromatic N) is 2. The van der Waals surface area contributed by atoms with Gasteiger partial charge >= 0.3 is 18.0 Å². The quantitative estimate of drug-likeness (QED) is 0.243. The molecule has 0 atom stereocenters. The highest BCUT2D eigenvalue weighted by Gasteiger charge is 2.27. The van der Waals surface area contributed by atoms with Gasteiger partial charge in [0.15, 0.2) is 17.2 Å². The Kier molecular flexibility index (Phi) is 10.7. The molecule has 0 bridgehead atoms. The molecule has 3 aromatic rings. The fourth-order valence-electron chi connectivity index (χ4n) is 4.77. The van der Waals surface area contributed by atoms with Gasteiger partial charge in [0.2, 0.25) is 0 Å². The van der Waals surface area contributed by atoms with E-state index < -0.39 is 17.5 Å². The number of thiophene rings is 1. The maximum absolute atomic E-state index is 13.0. The lowest BCUT2D eigenvalue weighted by atomic mass is 9.97. The van der Waals surface area contributed by atoms with Crippen LogP contribution in [0, 0.1) is 5.92 Å². The normalized spacial score (nSPS) is 13.8. The third-order valence-corrected chi connectivity index (χ3v) is 9.19. The number of methoxy groups -OCH3 is 1. The van der Waals surface area contributed by atoms with E-state index in [1.807, 2.05) is 66.5 Å². The molecule has 1 saturated heterocycles. The molecule has 9 nitrogen and oxygen atoms in total. The molecule has 4 rings (SSSR count). The largest absolute Gasteiger partial charge is 0.479 e. The molecule has 0 spiro atoms. The Morgan fingerprint density at radius 2 is 1.77 bits per heavy atom. The molecule has 230 valence electrons. The second-order valence-electron chi connectivity index (χ2n) is 11.3. The van der Waals surface area contributed by atoms with Crippen molar-refractivity contribution in [1.82, 2.24) is 4.90 Å². The lowest BCUT2D eigenvalue weighted by Crippen LogP contribution is -2.46. The molecular weight excluding hydrogens is 634 g/mol. The highest BCUT2D eigenvalue weighted by Crippen LogP contribution is 2.46. The van der Waals surface area contributed by atoms with Crippen LogP contribution in [-0.4, -0.2) is 68.9 Å². The minimum Gasteiger partial charge on any atom is -0.479 e. The monoisotopic (exact) mass is 671 g/mol. The van der Waals surface area contributed by atoms with Crippen LogP contribution < -0.4 is 15.0 Å². The Morgan fingerprint density at radius 1 is 1.07 bits per heavy atom. The fourth-order valence-corrected chi connectivity index (χ4v) is 6.74. The molecule has 2 aromatic carbocycles. The van der Waals surface area contributed by atoms with Gasteiger partial charge in [-0.1, -0.05) is 30.3 Å². The Bertz CT molecular complexity index is 1430. The Balaban J connectivity index is 1.38. The van der Waals surface area contributed by atoms with Crippen molar-refractivity contribution in [2.24, 2.45) is 5.92 Å². The predicted molar refractivity (Wildman–Crippen MR) is 173 cm³/mol. The van der Waals surface area contributed by atoms with Crippen molar-refractivity contribution >= 4 is 56.6 Å². The summed E-state index contributed by atoms with van der Waals surface area (Å²) in [4.78, 5) is 42.4. The molecule has 0 unspecified atom stereocenters. The molecule has 2 heterocycles. The van der Waals surface area contributed by atoms with Crippen molar-refractivity contribution < 1.29 is 28.6 Å². The number of urea groups is 1. The maximum atomic E-state index is 13.0. The lowest BCUT2D eigenvalue weighted by molar-refractivity contribution is -0.157. The summed E-state index contributed by atoms with van der Waals surface area (Å²) in [5.74, 6) is -0.407. The SMILES string of the molecule is COC(=O)c1sc(-c2cccc(NCC3CCN(C(=O)N(C)c4ccccc4)CC3)c2)c(Br)c1OCC(=O)OC(C)(C)C. The van der Waals surface area contributed by atoms with Crippen molar-refractivity contribution in [3.8, 4) is 16.2 Å². The Morgan fingerprint density at radius 3 is 2.42 bits per heavy atom. The summed E-state index contributed by atoms with van der Waals surface area (Å²) in [5.41, 5.74) is 2.05. The topological polar surface area (TPSA) is 97.4 Å². The van der Waals surface area contributed by atoms with Crippen LogP contribution in [0.25, 0.3) is 10.4 Å². The molecule has 1 aliphatic rings. The zero-order valence-corrected chi connectivity index (χ0v) is 27.5. The average molecular weight is 673 g/mol. The van der Waals surface area contributed by atoms with Gasteiger partial charge in [-0.25, -0.2) is 14.4 Å². The third-order valence-electron chi connectivity index (χ3n) is 6.97. The van der Waals surface area contributed by atoms with E-state index in [-0.39, 0.29) is 23.3 Å². The van der Waals surface area contributed by atoms with E-state index in [1.54, 1.807) is 25.7 Å². The van der Waals surface area contributed by atoms with Gasteiger partial charge in [0.25, 0.3) is 0 Å². The molecule has 1 aliphatic heterocycles. The minimum atomic E-state index is -0.649. The number of carbonyl (C=O) groups excluding carboxylic acids is 3. The lowest BCUT2D eigenvalue weighted by Gasteiger charge is -2.34. The van der Waals surface area contributed by atoms with Crippen molar-refractivity contribution in [1.29, 1.82) is 0 Å². The summed E-state index contributed by atoms with van der Waals surface area (Å²) < 4.78 is 16.6. The van der Waals surface area contributed by atoms with Gasteiger partial charge in [0.05, 0.1) is 16.5 Å². The standard InChI is InChI=1S/C32H38BrN3O6S/c1-32(2,3)42-25(37)20-41-27-26(33)28(43-29(27)30(38)40-5)22-10-9-11-23(18-22)34-19-21-14-16-36(17-15-21)31(39)35(4)24-12-7-6-8-13-24/h6-13,18,21,34H,14-17,19-20H2,1-5H3. The van der Waals surface area contributed by atoms with Crippen LogP contribution in [0.3, 0.4) is 0 Å². The first-order valence-corrected chi connectivity index (χ1v) is 15.7. The second-order valence-corrected chi connectivity index (χ2v) is 13.2. The number of ether oxygens (including phenoxy) is 3. The molecular formula is C32H38BrN3O6S. The van der Waals surface area contributed by atoms with Gasteiger partial charge in [-0.3, -0.25) is 4.90 Å². The first kappa shape index (κ1) is 32.3. The smallest absolute Gasteiger partial charge is 0.351 e. The Hall–Kier alpha value is -3.57. The second kappa shape index (κ2) is 14.3. The summed E-state index contributed by atoms with van der Waals surface area (Å²) >= 11 is 4.81. The van der Waals surface area contributed by atoms with Crippen LogP contribution in [0.4, 0.5) is 16.2 Å². The van der Waals surface area contributed by atoms with Crippen molar-refractivity contribution in [3.05, 3.63) is 63.9 Å². The van der Waals surface area contributed by atoms with Crippen LogP contribution in [-0.2, 0) is 14.3 Å². The fraction of sp³-hybridized carbons (Fsp3) is 0.406. The van der Waals surface area contributed by atoms with Crippen LogP contribution in [0.2, 0.25) is 0 Å². The Labute approximate surface area is 265 Å². The number of esters is 2. The summed E-state index contributed by atoms with van der Waals surface area (Å²) in [6.07, 6.45) is 1.83. The van der Waals surface area contributed by atoms with E-state index in [0.29, 0.717) is 23.5 Å². The van der Waals surface area contributed by atoms with Gasteiger partial charge < -0.3 is 24.4 Å². The van der Waals surface area contributed by atoms with E-state index in [9.17, 15) is 14.4 Å². The van der Waals surface area contributed by atoms with Crippen LogP contribution >= 0.6 is 27.3 Å². The molecule has 0 aliphatic carbocycles. The first-order chi connectivity index (χ1) is 20.5. The van der Waals surface area contributed by atoms with Gasteiger partial charge in [-0.2, -0.15) is 0 Å². The molecule has 43 heavy (non-hydrogen) atoms. The highest BCUT2D eigenvalue weighted by atomic mass is 79.9. The van der Waals surface area contributed by atoms with Crippen molar-refractivity contribution in [2.75, 3.05) is 50.6 Å². The van der Waals surface area contributed by atoms with Crippen molar-refractivity contribution in [3.63, 3.8) is 0 Å². The molecule has 1 aromatic heterocycles. The number of nitrogens with one attached hydrogen (secondary N) is 1. The number of hydrogen-bond acceptors (Lipinski definition) is 8. The van der Waals surface area contributed by atoms with Crippen LogP contribution in [0.15, 0.2) is 59.1 Å². The molecule has 11 heteroatoms. The van der Waals surface area contributed by atoms with Gasteiger partial charge in [-0.15, -0.1) is 11.3 Å². The average Bonchev–Trinajstić information content (AvgIpc) is 3.33. The number of benzene rings is 2. The highest BCUT2D eigenvalue weighted by molar-refractivity contribution is 9.10. The minimum absolute atomic E-state index is 0.0209. The molecule has 0 saturated carbocycles. The van der Waals surface area contributed by atoms with E-state index in [4.69, 9.17) is 14.2 Å². The number of rotatable bonds is 9. The maximum Gasteiger partial charge on any atom is 0.351 e. The molecule has 0 radical (unpaired) electrons. The number of para-hydroxylation sites is 1. The zero-order chi connectivity index (χ0) is 31.1. The van der Waals surface area contributed by atoms with E-state index in [1.165, 1.54) is 18.4 Å². The predicted octanol–water partition coefficient (Wildman–Crippen LogP) is 7.07. The van der Waals surface area contributed by atoms with E-state index in [2.05, 4.69) is 21.2 Å². The van der Waals surface area contributed by atoms with E-state index in [0.717, 1.165) is 41.2 Å². The zero-order valence-electron chi connectivity index (χ0n) is 25.1. The van der Waals surface area contributed by atoms with Gasteiger partial charge in [-0.05, 0) is 85.3 Å². The van der Waals surface area contributed by atoms with Crippen molar-refractivity contribution in [2.45, 2.75) is 39.2 Å². The van der Waals surface area contributed by atoms with Gasteiger partial charge in [0.1, 0.15) is 5.60 Å². The van der Waals surface area contributed by atoms with E-state index >= 15 is 0 Å². The first-order valence-electron chi connectivity index (χ1n) is 14.1. The summed E-state index contributed by atoms with van der Waals surface area (Å²) in [6.45, 7) is 7.20. The molecule has 1 N–H and O–H groups in total. The number of carbonyl (C=O) groups is 3.